The number of rotatable bonds is 11. The van der Waals surface area contributed by atoms with Gasteiger partial charge in [-0.3, -0.25) is 24.6 Å². The van der Waals surface area contributed by atoms with Gasteiger partial charge in [-0.15, -0.1) is 0 Å². The molecule has 2 atom stereocenters. The molecule has 0 saturated carbocycles. The fraction of sp³-hybridized carbons (Fsp3) is 0.643. The van der Waals surface area contributed by atoms with Crippen LogP contribution in [0.3, 0.4) is 0 Å². The monoisotopic (exact) mass is 528 g/mol. The van der Waals surface area contributed by atoms with Crippen molar-refractivity contribution in [3.05, 3.63) is 29.8 Å². The predicted octanol–water partition coefficient (Wildman–Crippen LogP) is 2.53. The number of nitrogens with one attached hydrogen (secondary N) is 2. The number of carbonyl (C=O) groups excluding carboxylic acids is 3. The maximum atomic E-state index is 13.6. The van der Waals surface area contributed by atoms with E-state index in [9.17, 15) is 19.6 Å². The number of carbonyl (C=O) groups is 3. The molecule has 1 aromatic rings. The fourth-order valence-corrected chi connectivity index (χ4v) is 4.87. The molecule has 0 spiro atoms. The number of nitrogens with zero attached hydrogens (tertiary/aromatic N) is 4. The number of hydrogen-bond acceptors (Lipinski definition) is 8. The molecule has 210 valence electrons. The Morgan fingerprint density at radius 1 is 1.16 bits per heavy atom. The molecule has 2 aliphatic heterocycles. The van der Waals surface area contributed by atoms with Crippen LogP contribution in [-0.4, -0.2) is 91.1 Å². The van der Waals surface area contributed by atoms with Crippen molar-refractivity contribution in [2.45, 2.75) is 59.4 Å². The summed E-state index contributed by atoms with van der Waals surface area (Å²) in [6, 6.07) is 6.86. The Hall–Kier alpha value is -3.14. The van der Waals surface area contributed by atoms with E-state index in [1.54, 1.807) is 0 Å². The van der Waals surface area contributed by atoms with E-state index in [4.69, 9.17) is 0 Å². The Morgan fingerprint density at radius 2 is 1.82 bits per heavy atom. The summed E-state index contributed by atoms with van der Waals surface area (Å²) in [6.07, 6.45) is 3.55. The Labute approximate surface area is 226 Å². The quantitative estimate of drug-likeness (QED) is 0.175. The predicted molar refractivity (Wildman–Crippen MR) is 148 cm³/mol. The van der Waals surface area contributed by atoms with E-state index in [0.717, 1.165) is 70.2 Å². The van der Waals surface area contributed by atoms with Gasteiger partial charge in [0.1, 0.15) is 0 Å². The molecule has 10 heteroatoms. The summed E-state index contributed by atoms with van der Waals surface area (Å²) < 4.78 is 0. The first-order valence-corrected chi connectivity index (χ1v) is 13.8. The highest BCUT2D eigenvalue weighted by atomic mass is 16.5. The highest BCUT2D eigenvalue weighted by Crippen LogP contribution is 2.25. The molecule has 2 heterocycles. The van der Waals surface area contributed by atoms with Crippen molar-refractivity contribution in [2.75, 3.05) is 50.7 Å². The van der Waals surface area contributed by atoms with Crippen LogP contribution in [0.4, 0.5) is 5.69 Å². The number of ketones is 1. The minimum Gasteiger partial charge on any atom is -0.368 e. The van der Waals surface area contributed by atoms with Crippen LogP contribution in [0.2, 0.25) is 0 Å². The number of guanidine groups is 1. The second-order valence-electron chi connectivity index (χ2n) is 11.2. The van der Waals surface area contributed by atoms with Crippen LogP contribution >= 0.6 is 0 Å². The Balaban J connectivity index is 1.66. The maximum absolute atomic E-state index is 13.6. The van der Waals surface area contributed by atoms with Gasteiger partial charge in [-0.05, 0) is 42.5 Å². The second-order valence-corrected chi connectivity index (χ2v) is 11.2. The van der Waals surface area contributed by atoms with Gasteiger partial charge in [-0.2, -0.15) is 0 Å². The Kier molecular flexibility index (Phi) is 10.5. The molecule has 1 fully saturated rings. The third-order valence-electron chi connectivity index (χ3n) is 7.20. The standard InChI is InChI=1S/C28H44N6O4/c1-5-6-8-22(19-34(38)20-35)26(37)31-25(28(2,3)4)24(36)21-9-11-23(12-10-21)32-15-17-33(18-16-32)27-29-13-7-14-30-27/h9-12,20,22,25,38H,5-8,13-19H2,1-4H3,(H,29,30)(H,31,37)/t22-,25-/m1/s1. The number of Topliss-reactive ketones (excluding diaryl/α,β-unsaturated/α-hetero) is 1. The lowest BCUT2D eigenvalue weighted by Crippen LogP contribution is -2.53. The van der Waals surface area contributed by atoms with Crippen LogP contribution in [-0.2, 0) is 9.59 Å². The molecule has 1 aromatic carbocycles. The van der Waals surface area contributed by atoms with Crippen molar-refractivity contribution in [3.63, 3.8) is 0 Å². The SMILES string of the molecule is CCCC[C@H](CN(O)C=O)C(=O)N[C@H](C(=O)c1ccc(N2CCN(C3=NCCCN3)CC2)cc1)C(C)(C)C. The number of piperazine rings is 1. The first kappa shape index (κ1) is 29.4. The number of hydrogen-bond donors (Lipinski definition) is 3. The zero-order chi connectivity index (χ0) is 27.7. The van der Waals surface area contributed by atoms with Crippen molar-refractivity contribution >= 4 is 29.7 Å². The molecule has 0 unspecified atom stereocenters. The van der Waals surface area contributed by atoms with E-state index < -0.39 is 17.4 Å². The zero-order valence-corrected chi connectivity index (χ0v) is 23.3. The van der Waals surface area contributed by atoms with E-state index in [0.29, 0.717) is 23.5 Å². The van der Waals surface area contributed by atoms with Gasteiger partial charge in [0.05, 0.1) is 18.5 Å². The van der Waals surface area contributed by atoms with Crippen LogP contribution in [0.1, 0.15) is 63.7 Å². The summed E-state index contributed by atoms with van der Waals surface area (Å²) in [5.41, 5.74) is 1.07. The minimum absolute atomic E-state index is 0.105. The van der Waals surface area contributed by atoms with Gasteiger partial charge in [0.25, 0.3) is 0 Å². The highest BCUT2D eigenvalue weighted by Gasteiger charge is 2.35. The maximum Gasteiger partial charge on any atom is 0.233 e. The number of aliphatic imine (C=N–C) groups is 1. The summed E-state index contributed by atoms with van der Waals surface area (Å²) in [7, 11) is 0. The van der Waals surface area contributed by atoms with Crippen molar-refractivity contribution < 1.29 is 19.6 Å². The topological polar surface area (TPSA) is 118 Å². The molecule has 2 aliphatic rings. The number of unbranched alkanes of at least 4 members (excludes halogenated alkanes) is 1. The van der Waals surface area contributed by atoms with Crippen LogP contribution < -0.4 is 15.5 Å². The van der Waals surface area contributed by atoms with Gasteiger partial charge in [0.2, 0.25) is 12.3 Å². The van der Waals surface area contributed by atoms with Gasteiger partial charge in [-0.25, -0.2) is 5.06 Å². The summed E-state index contributed by atoms with van der Waals surface area (Å²) in [5.74, 6) is -0.0891. The average molecular weight is 529 g/mol. The molecule has 0 aromatic heterocycles. The van der Waals surface area contributed by atoms with Crippen LogP contribution in [0.15, 0.2) is 29.3 Å². The van der Waals surface area contributed by atoms with E-state index in [2.05, 4.69) is 25.4 Å². The molecule has 3 rings (SSSR count). The van der Waals surface area contributed by atoms with Crippen molar-refractivity contribution in [1.29, 1.82) is 0 Å². The van der Waals surface area contributed by atoms with Gasteiger partial charge in [-0.1, -0.05) is 40.5 Å². The summed E-state index contributed by atoms with van der Waals surface area (Å²) in [5, 5.41) is 16.5. The molecule has 0 bridgehead atoms. The third kappa shape index (κ3) is 7.93. The Morgan fingerprint density at radius 3 is 2.37 bits per heavy atom. The lowest BCUT2D eigenvalue weighted by Gasteiger charge is -2.38. The van der Waals surface area contributed by atoms with Gasteiger partial charge in [0.15, 0.2) is 11.7 Å². The normalized spacial score (nSPS) is 17.7. The molecule has 0 aliphatic carbocycles. The summed E-state index contributed by atoms with van der Waals surface area (Å²) >= 11 is 0. The fourth-order valence-electron chi connectivity index (χ4n) is 4.87. The van der Waals surface area contributed by atoms with Crippen molar-refractivity contribution in [3.8, 4) is 0 Å². The zero-order valence-electron chi connectivity index (χ0n) is 23.3. The number of amides is 2. The van der Waals surface area contributed by atoms with Crippen LogP contribution in [0.25, 0.3) is 0 Å². The lowest BCUT2D eigenvalue weighted by atomic mass is 9.81. The molecule has 1 saturated heterocycles. The molecule has 0 radical (unpaired) electrons. The highest BCUT2D eigenvalue weighted by molar-refractivity contribution is 6.02. The summed E-state index contributed by atoms with van der Waals surface area (Å²) in [4.78, 5) is 46.8. The van der Waals surface area contributed by atoms with Crippen molar-refractivity contribution in [1.82, 2.24) is 20.6 Å². The molecule has 10 nitrogen and oxygen atoms in total. The van der Waals surface area contributed by atoms with Gasteiger partial charge >= 0.3 is 0 Å². The van der Waals surface area contributed by atoms with Crippen LogP contribution in [0, 0.1) is 11.3 Å². The van der Waals surface area contributed by atoms with E-state index >= 15 is 0 Å². The summed E-state index contributed by atoms with van der Waals surface area (Å²) in [6.45, 7) is 13.0. The van der Waals surface area contributed by atoms with E-state index in [-0.39, 0.29) is 18.2 Å². The lowest BCUT2D eigenvalue weighted by molar-refractivity contribution is -0.154. The van der Waals surface area contributed by atoms with Crippen molar-refractivity contribution in [2.24, 2.45) is 16.3 Å². The largest absolute Gasteiger partial charge is 0.368 e. The van der Waals surface area contributed by atoms with E-state index in [1.165, 1.54) is 0 Å². The van der Waals surface area contributed by atoms with Gasteiger partial charge < -0.3 is 20.4 Å². The molecule has 38 heavy (non-hydrogen) atoms. The third-order valence-corrected chi connectivity index (χ3v) is 7.20. The molecule has 2 amide bonds. The Bertz CT molecular complexity index is 967. The molecule has 3 N–H and O–H groups in total. The number of anilines is 1. The second kappa shape index (κ2) is 13.6. The number of benzene rings is 1. The smallest absolute Gasteiger partial charge is 0.233 e. The van der Waals surface area contributed by atoms with Gasteiger partial charge in [0, 0.05) is 50.5 Å². The number of hydroxylamine groups is 2. The van der Waals surface area contributed by atoms with Crippen LogP contribution in [0.5, 0.6) is 0 Å². The molecular weight excluding hydrogens is 484 g/mol. The van der Waals surface area contributed by atoms with E-state index in [1.807, 2.05) is 52.0 Å². The molecular formula is C28H44N6O4. The average Bonchev–Trinajstić information content (AvgIpc) is 2.93. The minimum atomic E-state index is -0.749. The first-order chi connectivity index (χ1) is 18.1. The first-order valence-electron chi connectivity index (χ1n) is 13.8.